The Morgan fingerprint density at radius 2 is 2.46 bits per heavy atom. The summed E-state index contributed by atoms with van der Waals surface area (Å²) in [6.07, 6.45) is 3.62. The van der Waals surface area contributed by atoms with Gasteiger partial charge in [0.25, 0.3) is 0 Å². The Kier molecular flexibility index (Phi) is 2.00. The van der Waals surface area contributed by atoms with E-state index in [2.05, 4.69) is 16.9 Å². The van der Waals surface area contributed by atoms with E-state index in [0.717, 1.165) is 11.3 Å². The minimum atomic E-state index is -0.178. The average molecular weight is 193 g/mol. The summed E-state index contributed by atoms with van der Waals surface area (Å²) in [6.45, 7) is 2.08. The normalized spacial score (nSPS) is 27.3. The maximum atomic E-state index is 5.64. The van der Waals surface area contributed by atoms with Crippen molar-refractivity contribution in [3.8, 4) is 0 Å². The van der Waals surface area contributed by atoms with Gasteiger partial charge in [0.2, 0.25) is 0 Å². The summed E-state index contributed by atoms with van der Waals surface area (Å²) in [4.78, 5) is 8.49. The highest BCUT2D eigenvalue weighted by atomic mass is 32.2. The molecule has 0 spiro atoms. The molecule has 1 aliphatic rings. The van der Waals surface area contributed by atoms with Crippen molar-refractivity contribution >= 4 is 16.9 Å². The van der Waals surface area contributed by atoms with Gasteiger partial charge in [-0.25, -0.2) is 0 Å². The van der Waals surface area contributed by atoms with Crippen molar-refractivity contribution < 1.29 is 0 Å². The monoisotopic (exact) mass is 193 g/mol. The number of hydrogen-bond acceptors (Lipinski definition) is 4. The first-order chi connectivity index (χ1) is 6.21. The van der Waals surface area contributed by atoms with Gasteiger partial charge in [0.05, 0.1) is 5.54 Å². The Morgan fingerprint density at radius 3 is 3.00 bits per heavy atom. The number of nitrogens with zero attached hydrogens (tertiary/aromatic N) is 2. The summed E-state index contributed by atoms with van der Waals surface area (Å²) < 4.78 is 0. The smallest absolute Gasteiger partial charge is 0.154 e. The van der Waals surface area contributed by atoms with Crippen LogP contribution in [-0.4, -0.2) is 15.9 Å². The predicted molar refractivity (Wildman–Crippen MR) is 55.7 cm³/mol. The van der Waals surface area contributed by atoms with Crippen molar-refractivity contribution in [2.24, 2.45) is 10.7 Å². The Hall–Kier alpha value is -1.03. The molecule has 1 unspecified atom stereocenters. The van der Waals surface area contributed by atoms with Crippen LogP contribution in [0.2, 0.25) is 0 Å². The topological polar surface area (TPSA) is 51.3 Å². The molecule has 0 radical (unpaired) electrons. The number of hydrogen-bond donors (Lipinski definition) is 1. The van der Waals surface area contributed by atoms with E-state index in [0.29, 0.717) is 5.17 Å². The molecule has 0 amide bonds. The SMILES string of the molecule is CC1(c2cccnc2)CSC(N)=N1. The van der Waals surface area contributed by atoms with Crippen LogP contribution in [0, 0.1) is 0 Å². The second-order valence-electron chi connectivity index (χ2n) is 3.25. The molecule has 0 aliphatic carbocycles. The fourth-order valence-corrected chi connectivity index (χ4v) is 2.28. The van der Waals surface area contributed by atoms with E-state index in [4.69, 9.17) is 5.73 Å². The molecule has 4 heteroatoms. The molecule has 1 aliphatic heterocycles. The molecule has 2 N–H and O–H groups in total. The molecule has 1 aromatic rings. The van der Waals surface area contributed by atoms with Crippen molar-refractivity contribution in [3.63, 3.8) is 0 Å². The molecule has 13 heavy (non-hydrogen) atoms. The minimum absolute atomic E-state index is 0.178. The lowest BCUT2D eigenvalue weighted by molar-refractivity contribution is 0.577. The van der Waals surface area contributed by atoms with Gasteiger partial charge in [0, 0.05) is 18.1 Å². The summed E-state index contributed by atoms with van der Waals surface area (Å²) in [5.41, 5.74) is 6.59. The first-order valence-electron chi connectivity index (χ1n) is 4.09. The van der Waals surface area contributed by atoms with Crippen LogP contribution in [0.15, 0.2) is 29.5 Å². The van der Waals surface area contributed by atoms with Crippen LogP contribution in [-0.2, 0) is 5.54 Å². The van der Waals surface area contributed by atoms with Gasteiger partial charge >= 0.3 is 0 Å². The van der Waals surface area contributed by atoms with Gasteiger partial charge in [-0.1, -0.05) is 17.8 Å². The highest BCUT2D eigenvalue weighted by Crippen LogP contribution is 2.34. The van der Waals surface area contributed by atoms with E-state index in [9.17, 15) is 0 Å². The van der Waals surface area contributed by atoms with Gasteiger partial charge in [-0.05, 0) is 18.6 Å². The Morgan fingerprint density at radius 1 is 1.62 bits per heavy atom. The number of thioether (sulfide) groups is 1. The molecule has 0 fully saturated rings. The van der Waals surface area contributed by atoms with Gasteiger partial charge in [-0.2, -0.15) is 0 Å². The third-order valence-corrected chi connectivity index (χ3v) is 3.24. The van der Waals surface area contributed by atoms with Crippen molar-refractivity contribution in [1.29, 1.82) is 0 Å². The molecule has 1 aromatic heterocycles. The molecule has 2 rings (SSSR count). The van der Waals surface area contributed by atoms with E-state index in [1.807, 2.05) is 18.3 Å². The Balaban J connectivity index is 2.37. The summed E-state index contributed by atoms with van der Waals surface area (Å²) >= 11 is 1.60. The van der Waals surface area contributed by atoms with Gasteiger partial charge in [-0.15, -0.1) is 0 Å². The maximum absolute atomic E-state index is 5.64. The maximum Gasteiger partial charge on any atom is 0.154 e. The summed E-state index contributed by atoms with van der Waals surface area (Å²) in [5.74, 6) is 0.907. The van der Waals surface area contributed by atoms with Crippen LogP contribution in [0.4, 0.5) is 0 Å². The van der Waals surface area contributed by atoms with Crippen molar-refractivity contribution in [2.45, 2.75) is 12.5 Å². The van der Waals surface area contributed by atoms with Crippen LogP contribution in [0.1, 0.15) is 12.5 Å². The van der Waals surface area contributed by atoms with Crippen LogP contribution >= 0.6 is 11.8 Å². The highest BCUT2D eigenvalue weighted by molar-refractivity contribution is 8.14. The Bertz CT molecular complexity index is 336. The van der Waals surface area contributed by atoms with Gasteiger partial charge in [0.15, 0.2) is 5.17 Å². The summed E-state index contributed by atoms with van der Waals surface area (Å²) in [5, 5.41) is 0.673. The molecule has 2 heterocycles. The Labute approximate surface area is 81.5 Å². The van der Waals surface area contributed by atoms with E-state index in [1.165, 1.54) is 0 Å². The number of amidine groups is 1. The fourth-order valence-electron chi connectivity index (χ4n) is 1.35. The zero-order valence-electron chi connectivity index (χ0n) is 7.40. The number of aliphatic imine (C=N–C) groups is 1. The van der Waals surface area contributed by atoms with Crippen LogP contribution in [0.3, 0.4) is 0 Å². The zero-order chi connectivity index (χ0) is 9.31. The second kappa shape index (κ2) is 3.03. The van der Waals surface area contributed by atoms with E-state index in [1.54, 1.807) is 18.0 Å². The first kappa shape index (κ1) is 8.56. The van der Waals surface area contributed by atoms with E-state index >= 15 is 0 Å². The molecule has 0 bridgehead atoms. The summed E-state index contributed by atoms with van der Waals surface area (Å²) in [6, 6.07) is 3.96. The largest absolute Gasteiger partial charge is 0.379 e. The van der Waals surface area contributed by atoms with Crippen molar-refractivity contribution in [2.75, 3.05) is 5.75 Å². The molecular weight excluding hydrogens is 182 g/mol. The summed E-state index contributed by atoms with van der Waals surface area (Å²) in [7, 11) is 0. The van der Waals surface area contributed by atoms with Crippen molar-refractivity contribution in [1.82, 2.24) is 4.98 Å². The van der Waals surface area contributed by atoms with Crippen LogP contribution < -0.4 is 5.73 Å². The second-order valence-corrected chi connectivity index (χ2v) is 4.25. The van der Waals surface area contributed by atoms with Crippen molar-refractivity contribution in [3.05, 3.63) is 30.1 Å². The van der Waals surface area contributed by atoms with Crippen LogP contribution in [0.5, 0.6) is 0 Å². The predicted octanol–water partition coefficient (Wildman–Crippen LogP) is 1.36. The number of pyridine rings is 1. The quantitative estimate of drug-likeness (QED) is 0.732. The number of aromatic nitrogens is 1. The zero-order valence-corrected chi connectivity index (χ0v) is 8.21. The third-order valence-electron chi connectivity index (χ3n) is 2.14. The molecular formula is C9H11N3S. The van der Waals surface area contributed by atoms with Crippen LogP contribution in [0.25, 0.3) is 0 Å². The lowest BCUT2D eigenvalue weighted by atomic mass is 9.97. The third kappa shape index (κ3) is 1.54. The lowest BCUT2D eigenvalue weighted by Gasteiger charge is -2.18. The number of nitrogens with two attached hydrogens (primary N) is 1. The molecule has 1 atom stereocenters. The average Bonchev–Trinajstić information content (AvgIpc) is 2.49. The molecule has 3 nitrogen and oxygen atoms in total. The van der Waals surface area contributed by atoms with Gasteiger partial charge in [-0.3, -0.25) is 9.98 Å². The van der Waals surface area contributed by atoms with Gasteiger partial charge in [0.1, 0.15) is 0 Å². The van der Waals surface area contributed by atoms with E-state index < -0.39 is 0 Å². The lowest BCUT2D eigenvalue weighted by Crippen LogP contribution is -2.19. The van der Waals surface area contributed by atoms with E-state index in [-0.39, 0.29) is 5.54 Å². The number of rotatable bonds is 1. The molecule has 0 aromatic carbocycles. The molecule has 0 saturated carbocycles. The van der Waals surface area contributed by atoms with Gasteiger partial charge < -0.3 is 5.73 Å². The first-order valence-corrected chi connectivity index (χ1v) is 5.08. The standard InChI is InChI=1S/C9H11N3S/c1-9(6-13-8(10)12-9)7-3-2-4-11-5-7/h2-5H,6H2,1H3,(H2,10,12). The highest BCUT2D eigenvalue weighted by Gasteiger charge is 2.31. The fraction of sp³-hybridized carbons (Fsp3) is 0.333. The minimum Gasteiger partial charge on any atom is -0.379 e. The molecule has 0 saturated heterocycles. The molecule has 68 valence electrons.